The van der Waals surface area contributed by atoms with E-state index in [1.807, 2.05) is 24.3 Å². The molecule has 1 aliphatic heterocycles. The summed E-state index contributed by atoms with van der Waals surface area (Å²) in [6.07, 6.45) is 4.33. The first kappa shape index (κ1) is 17.3. The largest absolute Gasteiger partial charge is 0.479 e. The standard InChI is InChI=1S/C18H26N2O3/c1-3-4-5-8-12-19-17(21)11-13-20-15-9-6-7-10-16(15)23-14(2)18(20)22/h6-7,9-10,14H,3-5,8,11-13H2,1-2H3,(H,19,21). The molecular weight excluding hydrogens is 292 g/mol. The second kappa shape index (κ2) is 8.56. The number of carbonyl (C=O) groups is 2. The Balaban J connectivity index is 1.85. The van der Waals surface area contributed by atoms with E-state index >= 15 is 0 Å². The number of fused-ring (bicyclic) bond motifs is 1. The SMILES string of the molecule is CCCCCCNC(=O)CCN1C(=O)C(C)Oc2ccccc21. The average molecular weight is 318 g/mol. The lowest BCUT2D eigenvalue weighted by Crippen LogP contribution is -2.45. The van der Waals surface area contributed by atoms with Crippen LogP contribution in [0.2, 0.25) is 0 Å². The van der Waals surface area contributed by atoms with Crippen molar-refractivity contribution in [1.29, 1.82) is 0 Å². The van der Waals surface area contributed by atoms with Gasteiger partial charge >= 0.3 is 0 Å². The molecule has 0 fully saturated rings. The first-order chi connectivity index (χ1) is 11.1. The molecule has 0 aromatic heterocycles. The maximum Gasteiger partial charge on any atom is 0.267 e. The predicted octanol–water partition coefficient (Wildman–Crippen LogP) is 2.89. The van der Waals surface area contributed by atoms with Crippen molar-refractivity contribution in [2.24, 2.45) is 0 Å². The summed E-state index contributed by atoms with van der Waals surface area (Å²) in [5.74, 6) is 0.588. The molecule has 2 amide bonds. The maximum absolute atomic E-state index is 12.3. The summed E-state index contributed by atoms with van der Waals surface area (Å²) in [4.78, 5) is 25.9. The lowest BCUT2D eigenvalue weighted by atomic mass is 10.1. The summed E-state index contributed by atoms with van der Waals surface area (Å²) in [7, 11) is 0. The summed E-state index contributed by atoms with van der Waals surface area (Å²) in [5.41, 5.74) is 0.742. The lowest BCUT2D eigenvalue weighted by Gasteiger charge is -2.32. The molecule has 5 nitrogen and oxygen atoms in total. The average Bonchev–Trinajstić information content (AvgIpc) is 2.55. The van der Waals surface area contributed by atoms with Gasteiger partial charge in [-0.1, -0.05) is 38.3 Å². The normalized spacial score (nSPS) is 16.7. The van der Waals surface area contributed by atoms with Crippen LogP contribution in [0.15, 0.2) is 24.3 Å². The summed E-state index contributed by atoms with van der Waals surface area (Å²) >= 11 is 0. The van der Waals surface area contributed by atoms with Gasteiger partial charge in [-0.2, -0.15) is 0 Å². The predicted molar refractivity (Wildman–Crippen MR) is 90.7 cm³/mol. The number of ether oxygens (including phenoxy) is 1. The fourth-order valence-electron chi connectivity index (χ4n) is 2.67. The first-order valence-electron chi connectivity index (χ1n) is 8.47. The van der Waals surface area contributed by atoms with Crippen molar-refractivity contribution in [1.82, 2.24) is 5.32 Å². The van der Waals surface area contributed by atoms with E-state index in [0.29, 0.717) is 25.3 Å². The van der Waals surface area contributed by atoms with Gasteiger partial charge in [0.2, 0.25) is 5.91 Å². The number of nitrogens with one attached hydrogen (secondary N) is 1. The van der Waals surface area contributed by atoms with Gasteiger partial charge in [-0.05, 0) is 25.5 Å². The Hall–Kier alpha value is -2.04. The number of hydrogen-bond donors (Lipinski definition) is 1. The number of nitrogens with zero attached hydrogens (tertiary/aromatic N) is 1. The molecule has 0 aliphatic carbocycles. The molecule has 0 radical (unpaired) electrons. The van der Waals surface area contributed by atoms with Crippen LogP contribution in [0.5, 0.6) is 5.75 Å². The van der Waals surface area contributed by atoms with Crippen LogP contribution in [0.1, 0.15) is 46.0 Å². The van der Waals surface area contributed by atoms with Crippen LogP contribution >= 0.6 is 0 Å². The molecule has 23 heavy (non-hydrogen) atoms. The van der Waals surface area contributed by atoms with Gasteiger partial charge in [0.1, 0.15) is 5.75 Å². The highest BCUT2D eigenvalue weighted by Gasteiger charge is 2.31. The number of amides is 2. The second-order valence-electron chi connectivity index (χ2n) is 5.88. The Morgan fingerprint density at radius 1 is 1.26 bits per heavy atom. The smallest absolute Gasteiger partial charge is 0.267 e. The number of benzene rings is 1. The molecule has 0 saturated heterocycles. The van der Waals surface area contributed by atoms with E-state index < -0.39 is 6.10 Å². The van der Waals surface area contributed by atoms with Gasteiger partial charge in [0.05, 0.1) is 5.69 Å². The van der Waals surface area contributed by atoms with Crippen LogP contribution in [-0.4, -0.2) is 31.0 Å². The van der Waals surface area contributed by atoms with Crippen molar-refractivity contribution in [2.75, 3.05) is 18.0 Å². The van der Waals surface area contributed by atoms with Gasteiger partial charge in [0.15, 0.2) is 6.10 Å². The van der Waals surface area contributed by atoms with Gasteiger partial charge in [-0.3, -0.25) is 9.59 Å². The van der Waals surface area contributed by atoms with Gasteiger partial charge in [0.25, 0.3) is 5.91 Å². The second-order valence-corrected chi connectivity index (χ2v) is 5.88. The highest BCUT2D eigenvalue weighted by molar-refractivity contribution is 6.00. The Labute approximate surface area is 138 Å². The van der Waals surface area contributed by atoms with Crippen LogP contribution in [0.3, 0.4) is 0 Å². The Morgan fingerprint density at radius 3 is 2.83 bits per heavy atom. The topological polar surface area (TPSA) is 58.6 Å². The molecule has 0 bridgehead atoms. The zero-order chi connectivity index (χ0) is 16.7. The van der Waals surface area contributed by atoms with Gasteiger partial charge < -0.3 is 15.0 Å². The minimum atomic E-state index is -0.512. The molecule has 1 unspecified atom stereocenters. The molecule has 1 aliphatic rings. The quantitative estimate of drug-likeness (QED) is 0.750. The van der Waals surface area contributed by atoms with Crippen LogP contribution in [0, 0.1) is 0 Å². The molecule has 126 valence electrons. The lowest BCUT2D eigenvalue weighted by molar-refractivity contribution is -0.125. The van der Waals surface area contributed by atoms with Gasteiger partial charge in [-0.15, -0.1) is 0 Å². The van der Waals surface area contributed by atoms with Crippen molar-refractivity contribution in [3.8, 4) is 5.75 Å². The van der Waals surface area contributed by atoms with Crippen LogP contribution in [0.4, 0.5) is 5.69 Å². The van der Waals surface area contributed by atoms with Gasteiger partial charge in [0, 0.05) is 19.5 Å². The Morgan fingerprint density at radius 2 is 2.04 bits per heavy atom. The molecule has 2 rings (SSSR count). The van der Waals surface area contributed by atoms with E-state index in [0.717, 1.165) is 18.5 Å². The number of para-hydroxylation sites is 2. The third-order valence-electron chi connectivity index (χ3n) is 3.99. The molecule has 1 aromatic carbocycles. The molecular formula is C18H26N2O3. The molecule has 1 atom stereocenters. The van der Waals surface area contributed by atoms with Crippen LogP contribution in [-0.2, 0) is 9.59 Å². The van der Waals surface area contributed by atoms with Gasteiger partial charge in [-0.25, -0.2) is 0 Å². The number of anilines is 1. The third-order valence-corrected chi connectivity index (χ3v) is 3.99. The van der Waals surface area contributed by atoms with E-state index in [-0.39, 0.29) is 11.8 Å². The molecule has 1 N–H and O–H groups in total. The van der Waals surface area contributed by atoms with Crippen molar-refractivity contribution >= 4 is 17.5 Å². The van der Waals surface area contributed by atoms with E-state index in [1.54, 1.807) is 11.8 Å². The maximum atomic E-state index is 12.3. The summed E-state index contributed by atoms with van der Waals surface area (Å²) in [5, 5.41) is 2.92. The summed E-state index contributed by atoms with van der Waals surface area (Å²) < 4.78 is 5.59. The van der Waals surface area contributed by atoms with Crippen molar-refractivity contribution in [2.45, 2.75) is 52.1 Å². The van der Waals surface area contributed by atoms with Crippen LogP contribution in [0.25, 0.3) is 0 Å². The van der Waals surface area contributed by atoms with E-state index in [9.17, 15) is 9.59 Å². The molecule has 1 heterocycles. The van der Waals surface area contributed by atoms with Crippen molar-refractivity contribution in [3.05, 3.63) is 24.3 Å². The third kappa shape index (κ3) is 4.71. The Bertz CT molecular complexity index is 545. The first-order valence-corrected chi connectivity index (χ1v) is 8.47. The number of carbonyl (C=O) groups excluding carboxylic acids is 2. The minimum Gasteiger partial charge on any atom is -0.479 e. The summed E-state index contributed by atoms with van der Waals surface area (Å²) in [6.45, 7) is 4.99. The number of rotatable bonds is 8. The number of hydrogen-bond acceptors (Lipinski definition) is 3. The van der Waals surface area contributed by atoms with Crippen molar-refractivity contribution < 1.29 is 14.3 Å². The Kier molecular flexibility index (Phi) is 6.44. The zero-order valence-electron chi connectivity index (χ0n) is 14.0. The molecule has 5 heteroatoms. The van der Waals surface area contributed by atoms with E-state index in [4.69, 9.17) is 4.74 Å². The van der Waals surface area contributed by atoms with Crippen molar-refractivity contribution in [3.63, 3.8) is 0 Å². The highest BCUT2D eigenvalue weighted by atomic mass is 16.5. The molecule has 0 saturated carbocycles. The fraction of sp³-hybridized carbons (Fsp3) is 0.556. The highest BCUT2D eigenvalue weighted by Crippen LogP contribution is 2.33. The molecule has 0 spiro atoms. The zero-order valence-corrected chi connectivity index (χ0v) is 14.0. The monoisotopic (exact) mass is 318 g/mol. The fourth-order valence-corrected chi connectivity index (χ4v) is 2.67. The molecule has 1 aromatic rings. The minimum absolute atomic E-state index is 0.00840. The number of unbranched alkanes of at least 4 members (excludes halogenated alkanes) is 3. The van der Waals surface area contributed by atoms with Crippen LogP contribution < -0.4 is 15.0 Å². The summed E-state index contributed by atoms with van der Waals surface area (Å²) in [6, 6.07) is 7.44. The van der Waals surface area contributed by atoms with E-state index in [2.05, 4.69) is 12.2 Å². The van der Waals surface area contributed by atoms with E-state index in [1.165, 1.54) is 12.8 Å².